The van der Waals surface area contributed by atoms with Crippen LogP contribution in [0.3, 0.4) is 0 Å². The molecule has 36 heavy (non-hydrogen) atoms. The van der Waals surface area contributed by atoms with E-state index in [1.807, 2.05) is 0 Å². The average molecular weight is 528 g/mol. The minimum absolute atomic E-state index is 0.0386. The van der Waals surface area contributed by atoms with E-state index in [1.54, 1.807) is 49.6 Å². The van der Waals surface area contributed by atoms with Crippen LogP contribution in [0, 0.1) is 5.82 Å². The number of fused-ring (bicyclic) bond motifs is 1. The van der Waals surface area contributed by atoms with Gasteiger partial charge in [0.25, 0.3) is 5.88 Å². The molecule has 10 nitrogen and oxygen atoms in total. The Morgan fingerprint density at radius 1 is 1.14 bits per heavy atom. The van der Waals surface area contributed by atoms with Gasteiger partial charge in [-0.3, -0.25) is 4.68 Å². The van der Waals surface area contributed by atoms with Crippen molar-refractivity contribution < 1.29 is 17.5 Å². The third-order valence-corrected chi connectivity index (χ3v) is 7.22. The molecule has 5 rings (SSSR count). The van der Waals surface area contributed by atoms with Crippen LogP contribution in [0.2, 0.25) is 5.15 Å². The highest BCUT2D eigenvalue weighted by atomic mass is 35.5. The average Bonchev–Trinajstić information content (AvgIpc) is 3.42. The summed E-state index contributed by atoms with van der Waals surface area (Å²) in [6.45, 7) is 0. The second-order valence-electron chi connectivity index (χ2n) is 7.82. The largest absolute Gasteiger partial charge is 0.478 e. The number of hydrogen-bond donors (Lipinski definition) is 1. The number of nitrogens with zero attached hydrogens (tertiary/aromatic N) is 6. The molecule has 0 saturated carbocycles. The van der Waals surface area contributed by atoms with Crippen LogP contribution in [0.1, 0.15) is 5.56 Å². The first-order valence-electron chi connectivity index (χ1n) is 10.6. The molecule has 0 fully saturated rings. The van der Waals surface area contributed by atoms with Crippen molar-refractivity contribution in [1.82, 2.24) is 28.7 Å². The molecular weight excluding hydrogens is 509 g/mol. The molecule has 0 aliphatic rings. The zero-order valence-electron chi connectivity index (χ0n) is 19.1. The Balaban J connectivity index is 1.63. The molecule has 13 heteroatoms. The number of pyridine rings is 1. The van der Waals surface area contributed by atoms with Crippen molar-refractivity contribution in [2.75, 3.05) is 12.4 Å². The van der Waals surface area contributed by atoms with Crippen molar-refractivity contribution in [2.24, 2.45) is 7.05 Å². The first-order chi connectivity index (χ1) is 17.3. The van der Waals surface area contributed by atoms with Crippen molar-refractivity contribution in [1.29, 1.82) is 0 Å². The van der Waals surface area contributed by atoms with Crippen molar-refractivity contribution in [3.63, 3.8) is 0 Å². The molecule has 0 spiro atoms. The number of ether oxygens (including phenoxy) is 1. The standard InChI is InChI=1S/C23H19ClFN7O3S/c1-31-12-18(22(30-31)35-2)28-23-27-10-17(25)19(29-23)16-11-32(20-15(16)8-9-26-21(20)24)36(33,34)13-14-6-4-3-5-7-14/h3-12H,13H2,1-2H3,(H,27,28,29). The summed E-state index contributed by atoms with van der Waals surface area (Å²) in [6, 6.07) is 10.3. The van der Waals surface area contributed by atoms with Gasteiger partial charge in [-0.2, -0.15) is 0 Å². The zero-order valence-corrected chi connectivity index (χ0v) is 20.6. The SMILES string of the molecule is COc1nn(C)cc1Nc1ncc(F)c(-c2cn(S(=O)(=O)Cc3ccccc3)c3c(Cl)nccc23)n1. The minimum Gasteiger partial charge on any atom is -0.478 e. The Morgan fingerprint density at radius 3 is 2.67 bits per heavy atom. The highest BCUT2D eigenvalue weighted by molar-refractivity contribution is 7.89. The smallest absolute Gasteiger partial charge is 0.256 e. The molecule has 0 aliphatic heterocycles. The van der Waals surface area contributed by atoms with Crippen LogP contribution in [0.25, 0.3) is 22.2 Å². The van der Waals surface area contributed by atoms with Crippen LogP contribution in [0.15, 0.2) is 61.2 Å². The van der Waals surface area contributed by atoms with Crippen LogP contribution >= 0.6 is 11.6 Å². The lowest BCUT2D eigenvalue weighted by Crippen LogP contribution is -2.14. The highest BCUT2D eigenvalue weighted by Gasteiger charge is 2.25. The first kappa shape index (κ1) is 23.7. The molecule has 4 aromatic heterocycles. The minimum atomic E-state index is -3.94. The molecule has 1 aromatic carbocycles. The van der Waals surface area contributed by atoms with Crippen LogP contribution in [-0.4, -0.2) is 44.2 Å². The lowest BCUT2D eigenvalue weighted by Gasteiger charge is -2.08. The van der Waals surface area contributed by atoms with Gasteiger partial charge in [0.15, 0.2) is 11.0 Å². The van der Waals surface area contributed by atoms with Crippen LogP contribution in [0.4, 0.5) is 16.0 Å². The number of aromatic nitrogens is 6. The van der Waals surface area contributed by atoms with Gasteiger partial charge in [-0.1, -0.05) is 41.9 Å². The molecule has 0 unspecified atom stereocenters. The monoisotopic (exact) mass is 527 g/mol. The van der Waals surface area contributed by atoms with Gasteiger partial charge in [-0.05, 0) is 11.6 Å². The van der Waals surface area contributed by atoms with Crippen molar-refractivity contribution in [3.8, 4) is 17.1 Å². The quantitative estimate of drug-likeness (QED) is 0.314. The van der Waals surface area contributed by atoms with E-state index >= 15 is 4.39 Å². The predicted molar refractivity (Wildman–Crippen MR) is 133 cm³/mol. The van der Waals surface area contributed by atoms with Crippen LogP contribution in [-0.2, 0) is 22.8 Å². The number of benzene rings is 1. The third-order valence-electron chi connectivity index (χ3n) is 5.36. The summed E-state index contributed by atoms with van der Waals surface area (Å²) in [5, 5.41) is 7.43. The van der Waals surface area contributed by atoms with Crippen molar-refractivity contribution >= 4 is 44.2 Å². The first-order valence-corrected chi connectivity index (χ1v) is 12.6. The van der Waals surface area contributed by atoms with E-state index in [0.29, 0.717) is 22.5 Å². The molecular formula is C23H19ClFN7O3S. The molecule has 0 bridgehead atoms. The van der Waals surface area contributed by atoms with Gasteiger partial charge >= 0.3 is 0 Å². The van der Waals surface area contributed by atoms with Gasteiger partial charge in [0.1, 0.15) is 16.9 Å². The summed E-state index contributed by atoms with van der Waals surface area (Å²) in [5.41, 5.74) is 1.29. The Labute approximate surface area is 210 Å². The molecule has 4 heterocycles. The number of methoxy groups -OCH3 is 1. The number of aryl methyl sites for hydroxylation is 1. The van der Waals surface area contributed by atoms with Gasteiger partial charge < -0.3 is 10.1 Å². The van der Waals surface area contributed by atoms with Crippen LogP contribution in [0.5, 0.6) is 5.88 Å². The van der Waals surface area contributed by atoms with Gasteiger partial charge in [0, 0.05) is 30.4 Å². The van der Waals surface area contributed by atoms with Crippen molar-refractivity contribution in [2.45, 2.75) is 5.75 Å². The van der Waals surface area contributed by atoms with Gasteiger partial charge in [-0.15, -0.1) is 5.10 Å². The van der Waals surface area contributed by atoms with Crippen molar-refractivity contribution in [3.05, 3.63) is 77.7 Å². The molecule has 5 aromatic rings. The normalized spacial score (nSPS) is 11.7. The number of rotatable bonds is 7. The zero-order chi connectivity index (χ0) is 25.4. The fourth-order valence-electron chi connectivity index (χ4n) is 3.81. The third kappa shape index (κ3) is 4.36. The van der Waals surface area contributed by atoms with E-state index in [-0.39, 0.29) is 33.6 Å². The van der Waals surface area contributed by atoms with E-state index in [2.05, 4.69) is 25.4 Å². The predicted octanol–water partition coefficient (Wildman–Crippen LogP) is 4.15. The molecule has 0 atom stereocenters. The Hall–Kier alpha value is -4.03. The van der Waals surface area contributed by atoms with Gasteiger partial charge in [0.05, 0.1) is 25.3 Å². The number of halogens is 2. The summed E-state index contributed by atoms with van der Waals surface area (Å²) < 4.78 is 49.6. The summed E-state index contributed by atoms with van der Waals surface area (Å²) in [6.07, 6.45) is 5.37. The fraction of sp³-hybridized carbons (Fsp3) is 0.130. The number of hydrogen-bond acceptors (Lipinski definition) is 8. The molecule has 0 saturated heterocycles. The van der Waals surface area contributed by atoms with E-state index in [9.17, 15) is 8.42 Å². The second-order valence-corrected chi connectivity index (χ2v) is 10.0. The number of nitrogens with one attached hydrogen (secondary N) is 1. The Bertz CT molecular complexity index is 1690. The van der Waals surface area contributed by atoms with Crippen LogP contribution < -0.4 is 10.1 Å². The molecule has 0 amide bonds. The molecule has 1 N–H and O–H groups in total. The lowest BCUT2D eigenvalue weighted by molar-refractivity contribution is 0.393. The van der Waals surface area contributed by atoms with Gasteiger partial charge in [-0.25, -0.2) is 31.7 Å². The van der Waals surface area contributed by atoms with E-state index < -0.39 is 15.8 Å². The van der Waals surface area contributed by atoms with E-state index in [1.165, 1.54) is 24.2 Å². The van der Waals surface area contributed by atoms with E-state index in [4.69, 9.17) is 16.3 Å². The summed E-state index contributed by atoms with van der Waals surface area (Å²) in [5.74, 6) is -0.673. The molecule has 0 radical (unpaired) electrons. The molecule has 0 aliphatic carbocycles. The maximum Gasteiger partial charge on any atom is 0.256 e. The maximum atomic E-state index is 15.0. The van der Waals surface area contributed by atoms with E-state index in [0.717, 1.165) is 10.2 Å². The second kappa shape index (κ2) is 9.21. The summed E-state index contributed by atoms with van der Waals surface area (Å²) >= 11 is 6.33. The summed E-state index contributed by atoms with van der Waals surface area (Å²) in [4.78, 5) is 12.4. The Kier molecular flexibility index (Phi) is 6.06. The van der Waals surface area contributed by atoms with Gasteiger partial charge in [0.2, 0.25) is 16.0 Å². The highest BCUT2D eigenvalue weighted by Crippen LogP contribution is 2.36. The Morgan fingerprint density at radius 2 is 1.92 bits per heavy atom. The number of anilines is 2. The fourth-order valence-corrected chi connectivity index (χ4v) is 5.59. The summed E-state index contributed by atoms with van der Waals surface area (Å²) in [7, 11) is -0.763. The molecule has 184 valence electrons. The topological polar surface area (TPSA) is 117 Å². The maximum absolute atomic E-state index is 15.0. The lowest BCUT2D eigenvalue weighted by atomic mass is 10.1.